The second kappa shape index (κ2) is 11.4. The van der Waals surface area contributed by atoms with Crippen molar-refractivity contribution in [3.63, 3.8) is 0 Å². The van der Waals surface area contributed by atoms with Crippen molar-refractivity contribution in [2.45, 2.75) is 13.5 Å². The minimum atomic E-state index is -0.330. The quantitative estimate of drug-likeness (QED) is 0.223. The van der Waals surface area contributed by atoms with Crippen molar-refractivity contribution in [3.05, 3.63) is 107 Å². The summed E-state index contributed by atoms with van der Waals surface area (Å²) >= 11 is 0.922. The minimum absolute atomic E-state index is 0.181. The van der Waals surface area contributed by atoms with Crippen molar-refractivity contribution in [3.8, 4) is 17.2 Å². The summed E-state index contributed by atoms with van der Waals surface area (Å²) in [5.41, 5.74) is 2.92. The number of methoxy groups -OCH3 is 1. The zero-order chi connectivity index (χ0) is 26.5. The van der Waals surface area contributed by atoms with Gasteiger partial charge in [0.05, 0.1) is 18.6 Å². The average molecular weight is 526 g/mol. The van der Waals surface area contributed by atoms with Crippen LogP contribution in [0.2, 0.25) is 0 Å². The average Bonchev–Trinajstić information content (AvgIpc) is 3.20. The van der Waals surface area contributed by atoms with Crippen LogP contribution in [0.3, 0.4) is 0 Å². The van der Waals surface area contributed by atoms with Gasteiger partial charge in [0.2, 0.25) is 0 Å². The van der Waals surface area contributed by atoms with Gasteiger partial charge in [-0.1, -0.05) is 60.2 Å². The molecular weight excluding hydrogens is 498 g/mol. The van der Waals surface area contributed by atoms with E-state index in [1.165, 1.54) is 10.3 Å². The Morgan fingerprint density at radius 2 is 1.63 bits per heavy atom. The van der Waals surface area contributed by atoms with Crippen LogP contribution in [0.5, 0.6) is 17.2 Å². The van der Waals surface area contributed by atoms with E-state index in [2.05, 4.69) is 24.3 Å². The summed E-state index contributed by atoms with van der Waals surface area (Å²) in [5.74, 6) is 1.51. The maximum absolute atomic E-state index is 12.9. The van der Waals surface area contributed by atoms with Crippen LogP contribution in [-0.4, -0.2) is 36.3 Å². The first-order chi connectivity index (χ1) is 18.5. The van der Waals surface area contributed by atoms with Gasteiger partial charge in [0.1, 0.15) is 19.0 Å². The zero-order valence-electron chi connectivity index (χ0n) is 21.2. The highest BCUT2D eigenvalue weighted by Gasteiger charge is 2.34. The first-order valence-corrected chi connectivity index (χ1v) is 13.1. The van der Waals surface area contributed by atoms with Crippen molar-refractivity contribution in [1.82, 2.24) is 4.90 Å². The Morgan fingerprint density at radius 1 is 0.842 bits per heavy atom. The molecule has 0 saturated carbocycles. The Bertz CT molecular complexity index is 1510. The van der Waals surface area contributed by atoms with Crippen molar-refractivity contribution in [2.24, 2.45) is 0 Å². The molecule has 0 bridgehead atoms. The summed E-state index contributed by atoms with van der Waals surface area (Å²) in [6.07, 6.45) is 1.70. The molecule has 7 heteroatoms. The number of benzene rings is 4. The monoisotopic (exact) mass is 525 g/mol. The number of carbonyl (C=O) groups excluding carboxylic acids is 2. The molecule has 2 amide bonds. The van der Waals surface area contributed by atoms with Crippen LogP contribution in [0.1, 0.15) is 16.7 Å². The standard InChI is InChI=1S/C31H27NO5S/c1-21-7-12-26(13-8-21)36-16-15-32-30(33)29(38-31(32)34)19-22-10-14-27(28(18-22)35-2)37-20-23-9-11-24-5-3-4-6-25(24)17-23/h3-14,17-19H,15-16,20H2,1-2H3/b29-19-. The minimum Gasteiger partial charge on any atom is -0.493 e. The van der Waals surface area contributed by atoms with E-state index in [1.807, 2.05) is 61.5 Å². The number of imide groups is 1. The number of nitrogens with zero attached hydrogens (tertiary/aromatic N) is 1. The number of carbonyl (C=O) groups is 2. The summed E-state index contributed by atoms with van der Waals surface area (Å²) in [7, 11) is 1.57. The molecule has 1 saturated heterocycles. The summed E-state index contributed by atoms with van der Waals surface area (Å²) in [4.78, 5) is 26.9. The van der Waals surface area contributed by atoms with Crippen LogP contribution in [0.4, 0.5) is 4.79 Å². The molecule has 1 fully saturated rings. The first-order valence-electron chi connectivity index (χ1n) is 12.2. The first kappa shape index (κ1) is 25.4. The van der Waals surface area contributed by atoms with Crippen LogP contribution in [-0.2, 0) is 11.4 Å². The van der Waals surface area contributed by atoms with Crippen LogP contribution < -0.4 is 14.2 Å². The Hall–Kier alpha value is -4.23. The maximum atomic E-state index is 12.9. The highest BCUT2D eigenvalue weighted by atomic mass is 32.2. The Kier molecular flexibility index (Phi) is 7.65. The number of hydrogen-bond donors (Lipinski definition) is 0. The molecule has 0 aromatic heterocycles. The van der Waals surface area contributed by atoms with Gasteiger partial charge in [-0.15, -0.1) is 0 Å². The lowest BCUT2D eigenvalue weighted by atomic mass is 10.1. The molecule has 1 aliphatic heterocycles. The predicted molar refractivity (Wildman–Crippen MR) is 151 cm³/mol. The third-order valence-corrected chi connectivity index (χ3v) is 7.08. The second-order valence-electron chi connectivity index (χ2n) is 8.88. The topological polar surface area (TPSA) is 65.1 Å². The fourth-order valence-corrected chi connectivity index (χ4v) is 4.98. The second-order valence-corrected chi connectivity index (χ2v) is 9.87. The number of hydrogen-bond acceptors (Lipinski definition) is 6. The van der Waals surface area contributed by atoms with E-state index in [1.54, 1.807) is 19.3 Å². The molecule has 192 valence electrons. The van der Waals surface area contributed by atoms with Gasteiger partial charge in [-0.2, -0.15) is 0 Å². The molecule has 0 unspecified atom stereocenters. The van der Waals surface area contributed by atoms with Gasteiger partial charge < -0.3 is 14.2 Å². The number of rotatable bonds is 9. The van der Waals surface area contributed by atoms with E-state index < -0.39 is 0 Å². The summed E-state index contributed by atoms with van der Waals surface area (Å²) in [5, 5.41) is 2.03. The Morgan fingerprint density at radius 3 is 2.42 bits per heavy atom. The molecule has 1 heterocycles. The largest absolute Gasteiger partial charge is 0.493 e. The molecule has 4 aromatic carbocycles. The van der Waals surface area contributed by atoms with E-state index in [4.69, 9.17) is 14.2 Å². The molecule has 0 aliphatic carbocycles. The molecular formula is C31H27NO5S. The number of ether oxygens (including phenoxy) is 3. The van der Waals surface area contributed by atoms with Gasteiger partial charge in [0.15, 0.2) is 11.5 Å². The fraction of sp³-hybridized carbons (Fsp3) is 0.161. The molecule has 5 rings (SSSR count). The van der Waals surface area contributed by atoms with Crippen LogP contribution in [0.25, 0.3) is 16.8 Å². The molecule has 1 aliphatic rings. The molecule has 0 N–H and O–H groups in total. The number of aryl methyl sites for hydroxylation is 1. The van der Waals surface area contributed by atoms with Crippen molar-refractivity contribution in [2.75, 3.05) is 20.3 Å². The van der Waals surface area contributed by atoms with Crippen molar-refractivity contribution < 1.29 is 23.8 Å². The Balaban J connectivity index is 1.22. The van der Waals surface area contributed by atoms with Crippen LogP contribution in [0, 0.1) is 6.92 Å². The molecule has 6 nitrogen and oxygen atoms in total. The van der Waals surface area contributed by atoms with Gasteiger partial charge in [-0.05, 0) is 77.0 Å². The van der Waals surface area contributed by atoms with Crippen LogP contribution >= 0.6 is 11.8 Å². The van der Waals surface area contributed by atoms with Gasteiger partial charge in [-0.3, -0.25) is 14.5 Å². The van der Waals surface area contributed by atoms with E-state index in [0.29, 0.717) is 28.8 Å². The van der Waals surface area contributed by atoms with Gasteiger partial charge in [0, 0.05) is 0 Å². The SMILES string of the molecule is COc1cc(/C=C2\SC(=O)N(CCOc3ccc(C)cc3)C2=O)ccc1OCc1ccc2ccccc2c1. The third kappa shape index (κ3) is 5.84. The fourth-order valence-electron chi connectivity index (χ4n) is 4.12. The lowest BCUT2D eigenvalue weighted by Crippen LogP contribution is -2.32. The molecule has 0 radical (unpaired) electrons. The maximum Gasteiger partial charge on any atom is 0.293 e. The van der Waals surface area contributed by atoms with Crippen LogP contribution in [0.15, 0.2) is 89.8 Å². The smallest absolute Gasteiger partial charge is 0.293 e. The van der Waals surface area contributed by atoms with Crippen molar-refractivity contribution >= 4 is 39.8 Å². The molecule has 0 atom stereocenters. The number of fused-ring (bicyclic) bond motifs is 1. The number of amides is 2. The summed E-state index contributed by atoms with van der Waals surface area (Å²) in [6, 6.07) is 27.5. The molecule has 0 spiro atoms. The van der Waals surface area contributed by atoms with Crippen molar-refractivity contribution in [1.29, 1.82) is 0 Å². The molecule has 38 heavy (non-hydrogen) atoms. The van der Waals surface area contributed by atoms with E-state index in [9.17, 15) is 9.59 Å². The lowest BCUT2D eigenvalue weighted by Gasteiger charge is -2.13. The zero-order valence-corrected chi connectivity index (χ0v) is 22.0. The third-order valence-electron chi connectivity index (χ3n) is 6.17. The number of thioether (sulfide) groups is 1. The normalized spacial score (nSPS) is 14.4. The van der Waals surface area contributed by atoms with Gasteiger partial charge in [0.25, 0.3) is 11.1 Å². The summed E-state index contributed by atoms with van der Waals surface area (Å²) in [6.45, 7) is 2.80. The molecule has 4 aromatic rings. The lowest BCUT2D eigenvalue weighted by molar-refractivity contribution is -0.123. The van der Waals surface area contributed by atoms with E-state index >= 15 is 0 Å². The van der Waals surface area contributed by atoms with Gasteiger partial charge >= 0.3 is 0 Å². The Labute approximate surface area is 225 Å². The highest BCUT2D eigenvalue weighted by Crippen LogP contribution is 2.35. The van der Waals surface area contributed by atoms with E-state index in [-0.39, 0.29) is 24.3 Å². The summed E-state index contributed by atoms with van der Waals surface area (Å²) < 4.78 is 17.3. The predicted octanol–water partition coefficient (Wildman–Crippen LogP) is 6.85. The highest BCUT2D eigenvalue weighted by molar-refractivity contribution is 8.18. The van der Waals surface area contributed by atoms with E-state index in [0.717, 1.165) is 33.8 Å². The van der Waals surface area contributed by atoms with Gasteiger partial charge in [-0.25, -0.2) is 0 Å².